The van der Waals surface area contributed by atoms with Crippen LogP contribution < -0.4 is 20.1 Å². The van der Waals surface area contributed by atoms with Gasteiger partial charge in [0.25, 0.3) is 11.1 Å². The second-order valence-corrected chi connectivity index (χ2v) is 17.6. The molecule has 0 bridgehead atoms. The van der Waals surface area contributed by atoms with Crippen molar-refractivity contribution >= 4 is 51.6 Å². The van der Waals surface area contributed by atoms with Crippen molar-refractivity contribution in [2.75, 3.05) is 7.05 Å². The van der Waals surface area contributed by atoms with E-state index in [4.69, 9.17) is 19.4 Å². The zero-order valence-electron chi connectivity index (χ0n) is 35.8. The third-order valence-corrected chi connectivity index (χ3v) is 13.0. The number of nitrogens with one attached hydrogen (secondary N) is 3. The zero-order chi connectivity index (χ0) is 44.9. The van der Waals surface area contributed by atoms with Gasteiger partial charge in [0.05, 0.1) is 22.0 Å². The molecular formula is C48H44N10O5S2. The minimum Gasteiger partial charge on any atom is -0.486 e. The van der Waals surface area contributed by atoms with Crippen molar-refractivity contribution in [3.8, 4) is 39.8 Å². The number of nitrogens with zero attached hydrogens (tertiary/aromatic N) is 7. The van der Waals surface area contributed by atoms with Gasteiger partial charge in [-0.15, -0.1) is 16.9 Å². The number of aromatic nitrogens is 8. The van der Waals surface area contributed by atoms with Crippen molar-refractivity contribution in [1.29, 1.82) is 0 Å². The largest absolute Gasteiger partial charge is 0.486 e. The first-order valence-electron chi connectivity index (χ1n) is 21.0. The molecule has 3 aromatic heterocycles. The minimum absolute atomic E-state index is 0.172. The van der Waals surface area contributed by atoms with Crippen LogP contribution in [0.5, 0.6) is 17.2 Å². The van der Waals surface area contributed by atoms with Gasteiger partial charge in [-0.05, 0) is 94.1 Å². The number of thioether (sulfide) groups is 2. The molecule has 1 atom stereocenters. The number of imidazole rings is 2. The van der Waals surface area contributed by atoms with E-state index in [2.05, 4.69) is 67.0 Å². The summed E-state index contributed by atoms with van der Waals surface area (Å²) >= 11 is 2.64. The van der Waals surface area contributed by atoms with Crippen molar-refractivity contribution in [2.24, 2.45) is 7.05 Å². The maximum atomic E-state index is 13.5. The van der Waals surface area contributed by atoms with Crippen molar-refractivity contribution in [3.05, 3.63) is 149 Å². The summed E-state index contributed by atoms with van der Waals surface area (Å²) in [6.07, 6.45) is 2.10. The number of carbonyl (C=O) groups is 3. The van der Waals surface area contributed by atoms with Crippen LogP contribution in [0.4, 0.5) is 4.79 Å². The van der Waals surface area contributed by atoms with Crippen LogP contribution in [0.3, 0.4) is 0 Å². The number of hydrogen-bond donors (Lipinski definition) is 3. The second kappa shape index (κ2) is 19.2. The molecule has 15 nitrogen and oxygen atoms in total. The Kier molecular flexibility index (Phi) is 12.7. The molecule has 1 aliphatic heterocycles. The molecule has 1 fully saturated rings. The van der Waals surface area contributed by atoms with Gasteiger partial charge in [0.15, 0.2) is 5.82 Å². The molecule has 4 heterocycles. The first-order chi connectivity index (χ1) is 31.7. The van der Waals surface area contributed by atoms with E-state index in [1.165, 1.54) is 0 Å². The summed E-state index contributed by atoms with van der Waals surface area (Å²) in [6.45, 7) is 2.88. The molecule has 5 aromatic carbocycles. The third kappa shape index (κ3) is 9.66. The van der Waals surface area contributed by atoms with Gasteiger partial charge in [-0.2, -0.15) is 0 Å². The topological polar surface area (TPSA) is 184 Å². The lowest BCUT2D eigenvalue weighted by molar-refractivity contribution is -0.118. The van der Waals surface area contributed by atoms with E-state index >= 15 is 0 Å². The molecule has 0 spiro atoms. The molecular weight excluding hydrogens is 861 g/mol. The van der Waals surface area contributed by atoms with Crippen LogP contribution in [0.2, 0.25) is 0 Å². The van der Waals surface area contributed by atoms with E-state index in [0.717, 1.165) is 85.7 Å². The number of fused-ring (bicyclic) bond motifs is 1. The summed E-state index contributed by atoms with van der Waals surface area (Å²) < 4.78 is 16.4. The third-order valence-electron chi connectivity index (χ3n) is 11.0. The monoisotopic (exact) mass is 904 g/mol. The molecule has 0 saturated carbocycles. The highest BCUT2D eigenvalue weighted by atomic mass is 32.2. The average molecular weight is 905 g/mol. The molecule has 3 amide bonds. The fourth-order valence-corrected chi connectivity index (χ4v) is 9.41. The van der Waals surface area contributed by atoms with Crippen molar-refractivity contribution in [3.63, 3.8) is 0 Å². The second-order valence-electron chi connectivity index (χ2n) is 15.4. The van der Waals surface area contributed by atoms with E-state index in [1.54, 1.807) is 18.8 Å². The van der Waals surface area contributed by atoms with Crippen LogP contribution >= 0.6 is 23.5 Å². The predicted octanol–water partition coefficient (Wildman–Crippen LogP) is 8.54. The summed E-state index contributed by atoms with van der Waals surface area (Å²) in [5, 5.41) is 18.9. The number of benzene rings is 5. The average Bonchev–Trinajstić information content (AvgIpc) is 4.12. The molecule has 1 saturated heterocycles. The number of carbonyl (C=O) groups excluding carboxylic acids is 3. The standard InChI is InChI=1S/C48H44N10O5S2/c1-4-7-42-51-39(44(47(60)49-2)58(42)26-30-10-14-31(15-11-30)36-8-5-6-9-37(36)45-53-55-56-54-45)28-64-35-21-18-33(19-22-35)63-34-20-23-38-40(25-34)57(3)43(50-38)27-62-32-16-12-29(13-17-32)24-41-46(59)52-48(61)65-41/h5-6,8-23,25,41H,4,7,24,26-28H2,1-3H3,(H,49,60)(H,52,59,61)(H,53,54,55,56). The first kappa shape index (κ1) is 43.0. The summed E-state index contributed by atoms with van der Waals surface area (Å²) in [5.41, 5.74) is 7.97. The fraction of sp³-hybridized carbons (Fsp3) is 0.208. The smallest absolute Gasteiger partial charge is 0.286 e. The Balaban J connectivity index is 0.836. The molecule has 17 heteroatoms. The first-order valence-corrected chi connectivity index (χ1v) is 22.9. The summed E-state index contributed by atoms with van der Waals surface area (Å²) in [7, 11) is 3.60. The number of tetrazole rings is 1. The van der Waals surface area contributed by atoms with E-state index in [9.17, 15) is 14.4 Å². The van der Waals surface area contributed by atoms with Crippen molar-refractivity contribution < 1.29 is 23.9 Å². The maximum absolute atomic E-state index is 13.5. The molecule has 0 radical (unpaired) electrons. The van der Waals surface area contributed by atoms with Gasteiger partial charge in [0.2, 0.25) is 5.91 Å². The van der Waals surface area contributed by atoms with Crippen LogP contribution in [-0.4, -0.2) is 69.1 Å². The lowest BCUT2D eigenvalue weighted by atomic mass is 9.98. The van der Waals surface area contributed by atoms with E-state index < -0.39 is 5.25 Å². The summed E-state index contributed by atoms with van der Waals surface area (Å²) in [6, 6.07) is 37.5. The molecule has 3 N–H and O–H groups in total. The Labute approximate surface area is 382 Å². The van der Waals surface area contributed by atoms with Crippen LogP contribution in [0.15, 0.2) is 120 Å². The van der Waals surface area contributed by atoms with Crippen LogP contribution in [0, 0.1) is 0 Å². The van der Waals surface area contributed by atoms with Crippen molar-refractivity contribution in [1.82, 2.24) is 50.4 Å². The van der Waals surface area contributed by atoms with Gasteiger partial charge in [-0.1, -0.05) is 79.3 Å². The number of rotatable bonds is 17. The van der Waals surface area contributed by atoms with Gasteiger partial charge in [0.1, 0.15) is 41.2 Å². The van der Waals surface area contributed by atoms with Gasteiger partial charge in [-0.3, -0.25) is 19.7 Å². The Bertz CT molecular complexity index is 2990. The Morgan fingerprint density at radius 2 is 1.60 bits per heavy atom. The van der Waals surface area contributed by atoms with Gasteiger partial charge in [-0.25, -0.2) is 15.1 Å². The number of amides is 3. The van der Waals surface area contributed by atoms with Gasteiger partial charge in [0, 0.05) is 49.3 Å². The Hall–Kier alpha value is -7.24. The van der Waals surface area contributed by atoms with Crippen LogP contribution in [0.1, 0.15) is 52.3 Å². The number of H-pyrrole nitrogens is 1. The molecule has 1 unspecified atom stereocenters. The number of imide groups is 1. The number of aryl methyl sites for hydroxylation is 2. The highest BCUT2D eigenvalue weighted by Crippen LogP contribution is 2.33. The molecule has 65 heavy (non-hydrogen) atoms. The highest BCUT2D eigenvalue weighted by Gasteiger charge is 2.31. The molecule has 0 aliphatic carbocycles. The van der Waals surface area contributed by atoms with Crippen LogP contribution in [-0.2, 0) is 43.6 Å². The summed E-state index contributed by atoms with van der Waals surface area (Å²) in [4.78, 5) is 47.8. The van der Waals surface area contributed by atoms with E-state index in [0.29, 0.717) is 47.5 Å². The fourth-order valence-electron chi connectivity index (χ4n) is 7.71. The number of aromatic amines is 1. The van der Waals surface area contributed by atoms with Crippen LogP contribution in [0.25, 0.3) is 33.5 Å². The normalized spacial score (nSPS) is 13.6. The van der Waals surface area contributed by atoms with E-state index in [-0.39, 0.29) is 23.7 Å². The zero-order valence-corrected chi connectivity index (χ0v) is 37.4. The Morgan fingerprint density at radius 1 is 0.862 bits per heavy atom. The predicted molar refractivity (Wildman–Crippen MR) is 250 cm³/mol. The number of ether oxygens (including phenoxy) is 2. The lowest BCUT2D eigenvalue weighted by Gasteiger charge is -2.13. The molecule has 8 aromatic rings. The molecule has 9 rings (SSSR count). The summed E-state index contributed by atoms with van der Waals surface area (Å²) in [5.74, 6) is 4.35. The molecule has 328 valence electrons. The maximum Gasteiger partial charge on any atom is 0.286 e. The minimum atomic E-state index is -0.412. The van der Waals surface area contributed by atoms with Gasteiger partial charge < -0.3 is 23.9 Å². The SMILES string of the molecule is CCCc1nc(CSc2ccc(Oc3ccc4nc(COc5ccc(CC6SC(=O)NC6=O)cc5)n(C)c4c3)cc2)c(C(=O)NC)n1Cc1ccc(-c2ccccc2-c2nnn[nH]2)cc1. The molecule has 1 aliphatic rings. The van der Waals surface area contributed by atoms with Crippen molar-refractivity contribution in [2.45, 2.75) is 55.2 Å². The van der Waals surface area contributed by atoms with Gasteiger partial charge >= 0.3 is 0 Å². The highest BCUT2D eigenvalue weighted by molar-refractivity contribution is 8.15. The van der Waals surface area contributed by atoms with E-state index in [1.807, 2.05) is 103 Å². The number of hydrogen-bond acceptors (Lipinski definition) is 12. The Morgan fingerprint density at radius 3 is 2.31 bits per heavy atom. The lowest BCUT2D eigenvalue weighted by Crippen LogP contribution is -2.25. The quantitative estimate of drug-likeness (QED) is 0.0742.